The van der Waals surface area contributed by atoms with Crippen LogP contribution in [0.15, 0.2) is 15.2 Å². The highest BCUT2D eigenvalue weighted by Gasteiger charge is 2.05. The zero-order valence-electron chi connectivity index (χ0n) is 10.6. The van der Waals surface area contributed by atoms with E-state index in [4.69, 9.17) is 0 Å². The number of nitrogens with zero attached hydrogens (tertiary/aromatic N) is 1. The molecule has 0 radical (unpaired) electrons. The number of hydrogen-bond acceptors (Lipinski definition) is 1. The molecule has 16 heavy (non-hydrogen) atoms. The minimum absolute atomic E-state index is 1.09. The van der Waals surface area contributed by atoms with E-state index in [2.05, 4.69) is 48.5 Å². The lowest BCUT2D eigenvalue weighted by atomic mass is 10.1. The van der Waals surface area contributed by atoms with Gasteiger partial charge in [0.2, 0.25) is 0 Å². The maximum Gasteiger partial charge on any atom is 0.0780 e. The molecule has 1 aromatic rings. The van der Waals surface area contributed by atoms with Crippen LogP contribution in [0.25, 0.3) is 0 Å². The third kappa shape index (κ3) is 6.02. The molecule has 0 N–H and O–H groups in total. The van der Waals surface area contributed by atoms with Crippen LogP contribution in [-0.4, -0.2) is 32.2 Å². The summed E-state index contributed by atoms with van der Waals surface area (Å²) in [7, 11) is 6.80. The number of hydrogen-bond donors (Lipinski definition) is 0. The van der Waals surface area contributed by atoms with Gasteiger partial charge in [0.1, 0.15) is 0 Å². The van der Waals surface area contributed by atoms with Crippen molar-refractivity contribution in [3.8, 4) is 0 Å². The van der Waals surface area contributed by atoms with Crippen LogP contribution in [0.4, 0.5) is 0 Å². The first-order valence-electron chi connectivity index (χ1n) is 6.01. The average Bonchev–Trinajstić information content (AvgIpc) is 2.56. The maximum absolute atomic E-state index is 3.59. The molecule has 1 heterocycles. The van der Waals surface area contributed by atoms with E-state index in [1.165, 1.54) is 48.0 Å². The molecule has 0 aliphatic rings. The second kappa shape index (κ2) is 6.77. The van der Waals surface area contributed by atoms with E-state index in [-0.39, 0.29) is 0 Å². The normalized spacial score (nSPS) is 12.0. The first kappa shape index (κ1) is 14.2. The van der Waals surface area contributed by atoms with E-state index in [0.29, 0.717) is 0 Å². The lowest BCUT2D eigenvalue weighted by Crippen LogP contribution is -2.35. The Bertz CT molecular complexity index is 301. The van der Waals surface area contributed by atoms with E-state index >= 15 is 0 Å². The van der Waals surface area contributed by atoms with Crippen LogP contribution >= 0.6 is 27.3 Å². The van der Waals surface area contributed by atoms with Gasteiger partial charge in [-0.15, -0.1) is 11.3 Å². The lowest BCUT2D eigenvalue weighted by molar-refractivity contribution is -0.870. The number of unbranched alkanes of at least 4 members (excludes halogenated alkanes) is 3. The van der Waals surface area contributed by atoms with Gasteiger partial charge in [-0.2, -0.15) is 0 Å². The van der Waals surface area contributed by atoms with Gasteiger partial charge in [-0.3, -0.25) is 0 Å². The zero-order valence-corrected chi connectivity index (χ0v) is 13.0. The summed E-state index contributed by atoms with van der Waals surface area (Å²) in [4.78, 5) is 0. The van der Waals surface area contributed by atoms with Crippen LogP contribution in [-0.2, 0) is 6.42 Å². The molecule has 3 heteroatoms. The summed E-state index contributed by atoms with van der Waals surface area (Å²) in [6, 6.07) is 2.24. The topological polar surface area (TPSA) is 0 Å². The van der Waals surface area contributed by atoms with Crippen molar-refractivity contribution in [2.24, 2.45) is 0 Å². The van der Waals surface area contributed by atoms with Crippen molar-refractivity contribution in [3.63, 3.8) is 0 Å². The van der Waals surface area contributed by atoms with E-state index in [1.807, 2.05) is 0 Å². The molecule has 1 aromatic heterocycles. The summed E-state index contributed by atoms with van der Waals surface area (Å²) < 4.78 is 2.41. The standard InChI is InChI=1S/C13H23BrNS/c1-15(2,3)10-7-5-4-6-8-12-9-11-16-13(12)14/h9,11H,4-8,10H2,1-3H3/q+1. The number of rotatable bonds is 7. The van der Waals surface area contributed by atoms with Crippen molar-refractivity contribution in [3.05, 3.63) is 20.8 Å². The fourth-order valence-corrected chi connectivity index (χ4v) is 3.08. The van der Waals surface area contributed by atoms with Crippen molar-refractivity contribution in [2.45, 2.75) is 32.1 Å². The van der Waals surface area contributed by atoms with E-state index in [0.717, 1.165) is 4.48 Å². The highest BCUT2D eigenvalue weighted by atomic mass is 79.9. The molecule has 0 bridgehead atoms. The average molecular weight is 305 g/mol. The zero-order chi connectivity index (χ0) is 12.0. The van der Waals surface area contributed by atoms with Crippen LogP contribution in [0, 0.1) is 0 Å². The molecule has 92 valence electrons. The Kier molecular flexibility index (Phi) is 6.01. The van der Waals surface area contributed by atoms with Gasteiger partial charge >= 0.3 is 0 Å². The number of thiophene rings is 1. The van der Waals surface area contributed by atoms with Crippen LogP contribution in [0.5, 0.6) is 0 Å². The molecule has 0 saturated heterocycles. The second-order valence-electron chi connectivity index (χ2n) is 5.40. The van der Waals surface area contributed by atoms with Crippen molar-refractivity contribution in [1.82, 2.24) is 0 Å². The van der Waals surface area contributed by atoms with Gasteiger partial charge in [-0.25, -0.2) is 0 Å². The molecule has 0 amide bonds. The van der Waals surface area contributed by atoms with Gasteiger partial charge < -0.3 is 4.48 Å². The molecule has 0 unspecified atom stereocenters. The Balaban J connectivity index is 2.03. The van der Waals surface area contributed by atoms with Crippen molar-refractivity contribution >= 4 is 27.3 Å². The Morgan fingerprint density at radius 3 is 2.38 bits per heavy atom. The first-order chi connectivity index (χ1) is 7.49. The quantitative estimate of drug-likeness (QED) is 0.520. The van der Waals surface area contributed by atoms with Gasteiger partial charge in [0.15, 0.2) is 0 Å². The maximum atomic E-state index is 3.59. The van der Waals surface area contributed by atoms with E-state index in [1.54, 1.807) is 11.3 Å². The largest absolute Gasteiger partial charge is 0.331 e. The van der Waals surface area contributed by atoms with Crippen LogP contribution < -0.4 is 0 Å². The third-order valence-electron chi connectivity index (χ3n) is 2.72. The van der Waals surface area contributed by atoms with Gasteiger partial charge in [-0.05, 0) is 58.6 Å². The Labute approximate surface area is 112 Å². The number of quaternary nitrogens is 1. The SMILES string of the molecule is C[N+](C)(C)CCCCCCc1ccsc1Br. The summed E-state index contributed by atoms with van der Waals surface area (Å²) in [6.45, 7) is 1.29. The summed E-state index contributed by atoms with van der Waals surface area (Å²) in [5.41, 5.74) is 1.48. The van der Waals surface area contributed by atoms with Crippen molar-refractivity contribution < 1.29 is 4.48 Å². The first-order valence-corrected chi connectivity index (χ1v) is 7.68. The fourth-order valence-electron chi connectivity index (χ4n) is 1.75. The van der Waals surface area contributed by atoms with Gasteiger partial charge in [-0.1, -0.05) is 6.42 Å². The van der Waals surface area contributed by atoms with Crippen LogP contribution in [0.2, 0.25) is 0 Å². The van der Waals surface area contributed by atoms with Gasteiger partial charge in [0.05, 0.1) is 31.5 Å². The number of aryl methyl sites for hydroxylation is 1. The summed E-state index contributed by atoms with van der Waals surface area (Å²) in [5.74, 6) is 0. The molecule has 0 fully saturated rings. The Morgan fingerprint density at radius 1 is 1.12 bits per heavy atom. The number of halogens is 1. The summed E-state index contributed by atoms with van der Waals surface area (Å²) >= 11 is 5.38. The molecule has 0 saturated carbocycles. The minimum atomic E-state index is 1.09. The Morgan fingerprint density at radius 2 is 1.81 bits per heavy atom. The van der Waals surface area contributed by atoms with Crippen molar-refractivity contribution in [1.29, 1.82) is 0 Å². The predicted molar refractivity (Wildman–Crippen MR) is 77.1 cm³/mol. The monoisotopic (exact) mass is 304 g/mol. The van der Waals surface area contributed by atoms with E-state index in [9.17, 15) is 0 Å². The third-order valence-corrected chi connectivity index (χ3v) is 4.53. The predicted octanol–water partition coefficient (Wildman–Crippen LogP) is 4.32. The molecule has 1 nitrogen and oxygen atoms in total. The summed E-state index contributed by atoms with van der Waals surface area (Å²) in [5, 5.41) is 2.16. The molecule has 0 aromatic carbocycles. The van der Waals surface area contributed by atoms with E-state index < -0.39 is 0 Å². The molecular weight excluding hydrogens is 282 g/mol. The van der Waals surface area contributed by atoms with Gasteiger partial charge in [0.25, 0.3) is 0 Å². The molecule has 0 spiro atoms. The highest BCUT2D eigenvalue weighted by molar-refractivity contribution is 9.11. The van der Waals surface area contributed by atoms with Crippen molar-refractivity contribution in [2.75, 3.05) is 27.7 Å². The molecular formula is C13H23BrNS+. The molecule has 0 atom stereocenters. The second-order valence-corrected chi connectivity index (χ2v) is 7.63. The Hall–Kier alpha value is 0.140. The van der Waals surface area contributed by atoms with Crippen LogP contribution in [0.1, 0.15) is 31.2 Å². The highest BCUT2D eigenvalue weighted by Crippen LogP contribution is 2.25. The van der Waals surface area contributed by atoms with Crippen LogP contribution in [0.3, 0.4) is 0 Å². The molecule has 0 aliphatic carbocycles. The lowest BCUT2D eigenvalue weighted by Gasteiger charge is -2.23. The molecule has 0 aliphatic heterocycles. The summed E-state index contributed by atoms with van der Waals surface area (Å²) in [6.07, 6.45) is 6.65. The smallest absolute Gasteiger partial charge is 0.0780 e. The van der Waals surface area contributed by atoms with Gasteiger partial charge in [0, 0.05) is 0 Å². The minimum Gasteiger partial charge on any atom is -0.331 e. The fraction of sp³-hybridized carbons (Fsp3) is 0.692. The molecule has 1 rings (SSSR count).